The third-order valence-corrected chi connectivity index (χ3v) is 7.65. The zero-order valence-electron chi connectivity index (χ0n) is 22.5. The van der Waals surface area contributed by atoms with Gasteiger partial charge in [0.2, 0.25) is 0 Å². The Kier molecular flexibility index (Phi) is 6.15. The van der Waals surface area contributed by atoms with Gasteiger partial charge in [0.05, 0.1) is 24.2 Å². The van der Waals surface area contributed by atoms with E-state index >= 15 is 0 Å². The van der Waals surface area contributed by atoms with Gasteiger partial charge >= 0.3 is 0 Å². The van der Waals surface area contributed by atoms with E-state index in [0.29, 0.717) is 29.4 Å². The second kappa shape index (κ2) is 10.1. The normalized spacial score (nSPS) is 16.7. The van der Waals surface area contributed by atoms with Gasteiger partial charge < -0.3 is 24.7 Å². The van der Waals surface area contributed by atoms with Crippen molar-refractivity contribution in [2.45, 2.75) is 25.4 Å². The van der Waals surface area contributed by atoms with Gasteiger partial charge in [-0.2, -0.15) is 0 Å². The lowest BCUT2D eigenvalue weighted by Crippen LogP contribution is -2.31. The Hall–Kier alpha value is -5.12. The zero-order valence-corrected chi connectivity index (χ0v) is 22.5. The van der Waals surface area contributed by atoms with Crippen LogP contribution in [0.3, 0.4) is 0 Å². The minimum atomic E-state index is -0.280. The van der Waals surface area contributed by atoms with Gasteiger partial charge in [-0.25, -0.2) is 9.97 Å². The highest BCUT2D eigenvalue weighted by molar-refractivity contribution is 5.95. The molecule has 1 fully saturated rings. The molecule has 3 aromatic carbocycles. The molecule has 10 heteroatoms. The average molecular weight is 549 g/mol. The van der Waals surface area contributed by atoms with Gasteiger partial charge in [0.15, 0.2) is 18.1 Å². The molecule has 1 unspecified atom stereocenters. The van der Waals surface area contributed by atoms with Gasteiger partial charge in [-0.3, -0.25) is 14.2 Å². The van der Waals surface area contributed by atoms with E-state index in [4.69, 9.17) is 14.5 Å². The number of ether oxygens (including phenoxy) is 2. The van der Waals surface area contributed by atoms with Crippen LogP contribution in [0.1, 0.15) is 40.6 Å². The SMILES string of the molecule is COc1ccc2cc1OCC(=O)NCc1cc(C(=O)N3CCCC3c3nc4ccccc4[nH]3)cc(c1)-n1ccnc1-2. The Morgan fingerprint density at radius 3 is 2.90 bits per heavy atom. The molecule has 2 aliphatic heterocycles. The highest BCUT2D eigenvalue weighted by Gasteiger charge is 2.33. The Bertz CT molecular complexity index is 1760. The molecule has 0 aliphatic carbocycles. The first-order valence-corrected chi connectivity index (χ1v) is 13.6. The second-order valence-electron chi connectivity index (χ2n) is 10.2. The average Bonchev–Trinajstić information content (AvgIpc) is 3.77. The Labute approximate surface area is 235 Å². The summed E-state index contributed by atoms with van der Waals surface area (Å²) in [7, 11) is 1.56. The van der Waals surface area contributed by atoms with Gasteiger partial charge in [0.1, 0.15) is 11.6 Å². The first-order valence-electron chi connectivity index (χ1n) is 13.6. The van der Waals surface area contributed by atoms with E-state index in [2.05, 4.69) is 15.3 Å². The molecule has 0 spiro atoms. The first-order chi connectivity index (χ1) is 20.1. The van der Waals surface area contributed by atoms with Crippen molar-refractivity contribution in [2.24, 2.45) is 0 Å². The van der Waals surface area contributed by atoms with Crippen LogP contribution in [0.5, 0.6) is 11.5 Å². The van der Waals surface area contributed by atoms with Crippen LogP contribution in [0.25, 0.3) is 28.1 Å². The molecule has 5 aromatic rings. The smallest absolute Gasteiger partial charge is 0.258 e. The summed E-state index contributed by atoms with van der Waals surface area (Å²) in [5.74, 6) is 2.08. The zero-order chi connectivity index (χ0) is 27.9. The number of H-pyrrole nitrogens is 1. The summed E-state index contributed by atoms with van der Waals surface area (Å²) < 4.78 is 13.2. The summed E-state index contributed by atoms with van der Waals surface area (Å²) in [5, 5.41) is 2.91. The van der Waals surface area contributed by atoms with Crippen molar-refractivity contribution >= 4 is 22.8 Å². The third-order valence-electron chi connectivity index (χ3n) is 7.65. The van der Waals surface area contributed by atoms with Gasteiger partial charge in [-0.05, 0) is 66.9 Å². The van der Waals surface area contributed by atoms with Gasteiger partial charge in [0.25, 0.3) is 11.8 Å². The number of nitrogens with zero attached hydrogens (tertiary/aromatic N) is 4. The minimum absolute atomic E-state index is 0.0802. The summed E-state index contributed by atoms with van der Waals surface area (Å²) in [5.41, 5.74) is 4.73. The predicted octanol–water partition coefficient (Wildman–Crippen LogP) is 4.41. The van der Waals surface area contributed by atoms with Gasteiger partial charge in [-0.1, -0.05) is 12.1 Å². The highest BCUT2D eigenvalue weighted by Crippen LogP contribution is 2.35. The quantitative estimate of drug-likeness (QED) is 0.345. The molecule has 7 rings (SSSR count). The topological polar surface area (TPSA) is 114 Å². The van der Waals surface area contributed by atoms with Crippen LogP contribution < -0.4 is 14.8 Å². The molecule has 41 heavy (non-hydrogen) atoms. The number of aromatic nitrogens is 4. The van der Waals surface area contributed by atoms with E-state index in [1.54, 1.807) is 25.4 Å². The number of hydrogen-bond acceptors (Lipinski definition) is 6. The molecule has 0 radical (unpaired) electrons. The van der Waals surface area contributed by atoms with Crippen LogP contribution in [-0.4, -0.2) is 56.5 Å². The summed E-state index contributed by atoms with van der Waals surface area (Å²) in [6, 6.07) is 18.9. The molecule has 1 atom stereocenters. The van der Waals surface area contributed by atoms with Gasteiger partial charge in [0, 0.05) is 42.3 Å². The summed E-state index contributed by atoms with van der Waals surface area (Å²) in [4.78, 5) is 41.5. The number of benzene rings is 3. The number of likely N-dealkylation sites (tertiary alicyclic amines) is 1. The molecule has 2 N–H and O–H groups in total. The molecule has 2 amide bonds. The van der Waals surface area contributed by atoms with Crippen molar-refractivity contribution in [2.75, 3.05) is 20.3 Å². The number of aromatic amines is 1. The summed E-state index contributed by atoms with van der Waals surface area (Å²) in [6.07, 6.45) is 5.31. The van der Waals surface area contributed by atoms with Crippen LogP contribution in [0.4, 0.5) is 0 Å². The highest BCUT2D eigenvalue weighted by atomic mass is 16.5. The molecule has 4 bridgehead atoms. The van der Waals surface area contributed by atoms with Crippen LogP contribution in [0, 0.1) is 0 Å². The van der Waals surface area contributed by atoms with E-state index < -0.39 is 0 Å². The predicted molar refractivity (Wildman–Crippen MR) is 152 cm³/mol. The van der Waals surface area contributed by atoms with Crippen LogP contribution in [-0.2, 0) is 11.3 Å². The molecule has 206 valence electrons. The molecular weight excluding hydrogens is 520 g/mol. The molecule has 0 saturated carbocycles. The van der Waals surface area contributed by atoms with Crippen molar-refractivity contribution in [3.8, 4) is 28.6 Å². The standard InChI is InChI=1S/C31H28N6O4/c1-40-26-9-8-20-16-27(26)41-18-28(38)33-17-19-13-21(15-22(14-19)36-12-10-32-30(20)36)31(39)37-11-4-7-25(37)29-34-23-5-2-3-6-24(23)35-29/h2-3,5-6,8-10,12-16,25H,4,7,11,17-18H2,1H3,(H,33,38)(H,34,35). The third kappa shape index (κ3) is 4.57. The van der Waals surface area contributed by atoms with Crippen molar-refractivity contribution in [1.82, 2.24) is 29.7 Å². The van der Waals surface area contributed by atoms with Crippen LogP contribution in [0.15, 0.2) is 73.1 Å². The summed E-state index contributed by atoms with van der Waals surface area (Å²) in [6.45, 7) is 0.702. The number of imidazole rings is 2. The van der Waals surface area contributed by atoms with Crippen molar-refractivity contribution in [3.05, 3.63) is 90.0 Å². The monoisotopic (exact) mass is 548 g/mol. The molecule has 2 aliphatic rings. The molecular formula is C31H28N6O4. The number of carbonyl (C=O) groups excluding carboxylic acids is 2. The lowest BCUT2D eigenvalue weighted by Gasteiger charge is -2.24. The number of fused-ring (bicyclic) bond motifs is 8. The van der Waals surface area contributed by atoms with Gasteiger partial charge in [-0.15, -0.1) is 0 Å². The fourth-order valence-electron chi connectivity index (χ4n) is 5.68. The molecule has 10 nitrogen and oxygen atoms in total. The number of rotatable bonds is 3. The first kappa shape index (κ1) is 24.9. The van der Waals surface area contributed by atoms with Crippen molar-refractivity contribution in [1.29, 1.82) is 0 Å². The lowest BCUT2D eigenvalue weighted by molar-refractivity contribution is -0.123. The largest absolute Gasteiger partial charge is 0.493 e. The Balaban J connectivity index is 1.29. The van der Waals surface area contributed by atoms with Crippen LogP contribution in [0.2, 0.25) is 0 Å². The maximum atomic E-state index is 14.1. The van der Waals surface area contributed by atoms with E-state index in [1.165, 1.54) is 0 Å². The maximum absolute atomic E-state index is 14.1. The van der Waals surface area contributed by atoms with E-state index in [9.17, 15) is 9.59 Å². The maximum Gasteiger partial charge on any atom is 0.258 e. The Morgan fingerprint density at radius 2 is 2.02 bits per heavy atom. The molecule has 4 heterocycles. The fraction of sp³-hybridized carbons (Fsp3) is 0.226. The lowest BCUT2D eigenvalue weighted by atomic mass is 10.1. The molecule has 2 aromatic heterocycles. The number of methoxy groups -OCH3 is 1. The second-order valence-corrected chi connectivity index (χ2v) is 10.2. The molecule has 1 saturated heterocycles. The Morgan fingerprint density at radius 1 is 1.12 bits per heavy atom. The number of carbonyl (C=O) groups is 2. The van der Waals surface area contributed by atoms with Crippen molar-refractivity contribution < 1.29 is 19.1 Å². The van der Waals surface area contributed by atoms with E-state index in [-0.39, 0.29) is 31.0 Å². The number of hydrogen-bond donors (Lipinski definition) is 2. The fourth-order valence-corrected chi connectivity index (χ4v) is 5.68. The number of amides is 2. The number of para-hydroxylation sites is 2. The van der Waals surface area contributed by atoms with E-state index in [1.807, 2.05) is 64.2 Å². The minimum Gasteiger partial charge on any atom is -0.493 e. The van der Waals surface area contributed by atoms with Crippen molar-refractivity contribution in [3.63, 3.8) is 0 Å². The number of nitrogens with one attached hydrogen (secondary N) is 2. The van der Waals surface area contributed by atoms with E-state index in [0.717, 1.165) is 46.5 Å². The van der Waals surface area contributed by atoms with Crippen LogP contribution >= 0.6 is 0 Å². The summed E-state index contributed by atoms with van der Waals surface area (Å²) >= 11 is 0.